The lowest BCUT2D eigenvalue weighted by atomic mass is 9.80. The summed E-state index contributed by atoms with van der Waals surface area (Å²) < 4.78 is 4.83. The van der Waals surface area contributed by atoms with Gasteiger partial charge >= 0.3 is 0 Å². The summed E-state index contributed by atoms with van der Waals surface area (Å²) in [4.78, 5) is 4.54. The standard InChI is InChI=1S/C46H35N3/c1-28-29(2)34-16-8-10-18-37(34)45-30(3)39(35-17-9-7-15-33(28)35)26-43-46(45)38-19-11-12-20-41(38)49(43)32-21-22-42-40(25-32)36-23-24-47-27-44(36)48(42)31-13-5-4-6-14-31/h4-29H,1-3H3. The predicted molar refractivity (Wildman–Crippen MR) is 205 cm³/mol. The maximum Gasteiger partial charge on any atom is 0.0724 e. The Kier molecular flexibility index (Phi) is 6.05. The van der Waals surface area contributed by atoms with Crippen LogP contribution < -0.4 is 0 Å². The Morgan fingerprint density at radius 2 is 1.14 bits per heavy atom. The number of hydrogen-bond acceptors (Lipinski definition) is 1. The van der Waals surface area contributed by atoms with E-state index in [0.29, 0.717) is 11.8 Å². The zero-order valence-electron chi connectivity index (χ0n) is 27.9. The molecule has 0 N–H and O–H groups in total. The Balaban J connectivity index is 1.36. The summed E-state index contributed by atoms with van der Waals surface area (Å²) in [5, 5.41) is 5.01. The molecule has 0 spiro atoms. The van der Waals surface area contributed by atoms with Gasteiger partial charge in [0.2, 0.25) is 0 Å². The number of fused-ring (bicyclic) bond motifs is 13. The van der Waals surface area contributed by atoms with E-state index in [2.05, 4.69) is 168 Å². The van der Waals surface area contributed by atoms with Gasteiger partial charge in [0.1, 0.15) is 0 Å². The molecule has 0 aliphatic heterocycles. The lowest BCUT2D eigenvalue weighted by molar-refractivity contribution is 0.626. The largest absolute Gasteiger partial charge is 0.309 e. The van der Waals surface area contributed by atoms with E-state index in [1.165, 1.54) is 77.0 Å². The minimum Gasteiger partial charge on any atom is -0.309 e. The molecule has 0 saturated heterocycles. The van der Waals surface area contributed by atoms with E-state index in [4.69, 9.17) is 0 Å². The molecule has 0 radical (unpaired) electrons. The minimum atomic E-state index is 0.355. The van der Waals surface area contributed by atoms with Crippen LogP contribution in [-0.2, 0) is 0 Å². The molecule has 2 unspecified atom stereocenters. The number of para-hydroxylation sites is 2. The molecule has 1 aliphatic rings. The number of hydrogen-bond donors (Lipinski definition) is 0. The van der Waals surface area contributed by atoms with E-state index in [-0.39, 0.29) is 0 Å². The molecule has 49 heavy (non-hydrogen) atoms. The van der Waals surface area contributed by atoms with Gasteiger partial charge in [0.25, 0.3) is 0 Å². The van der Waals surface area contributed by atoms with E-state index in [1.54, 1.807) is 0 Å². The molecule has 3 nitrogen and oxygen atoms in total. The van der Waals surface area contributed by atoms with Crippen molar-refractivity contribution in [2.24, 2.45) is 0 Å². The van der Waals surface area contributed by atoms with Gasteiger partial charge in [-0.1, -0.05) is 98.8 Å². The maximum atomic E-state index is 4.54. The topological polar surface area (TPSA) is 22.8 Å². The van der Waals surface area contributed by atoms with Crippen LogP contribution in [0.5, 0.6) is 0 Å². The summed E-state index contributed by atoms with van der Waals surface area (Å²) in [5.74, 6) is 0.719. The van der Waals surface area contributed by atoms with Gasteiger partial charge in [-0.25, -0.2) is 0 Å². The molecular formula is C46H35N3. The summed E-state index contributed by atoms with van der Waals surface area (Å²) in [5.41, 5.74) is 16.5. The molecule has 0 amide bonds. The highest BCUT2D eigenvalue weighted by Gasteiger charge is 2.29. The fourth-order valence-corrected chi connectivity index (χ4v) is 8.77. The van der Waals surface area contributed by atoms with Crippen LogP contribution in [0, 0.1) is 6.92 Å². The molecule has 3 heterocycles. The second-order valence-corrected chi connectivity index (χ2v) is 13.7. The van der Waals surface area contributed by atoms with Crippen LogP contribution in [0.3, 0.4) is 0 Å². The van der Waals surface area contributed by atoms with Crippen LogP contribution in [0.1, 0.15) is 42.4 Å². The first-order valence-electron chi connectivity index (χ1n) is 17.3. The summed E-state index contributed by atoms with van der Waals surface area (Å²) in [6, 6.07) is 49.3. The minimum absolute atomic E-state index is 0.355. The summed E-state index contributed by atoms with van der Waals surface area (Å²) >= 11 is 0. The SMILES string of the molecule is Cc1c2cc3c(c1-c1ccccc1C(C)C(C)c1ccccc1-2)c1ccccc1n3-c1ccc2c(c1)c1ccncc1n2-c1ccccc1. The van der Waals surface area contributed by atoms with Gasteiger partial charge in [-0.3, -0.25) is 4.98 Å². The Labute approximate surface area is 285 Å². The number of benzene rings is 6. The van der Waals surface area contributed by atoms with E-state index in [1.807, 2.05) is 12.4 Å². The quantitative estimate of drug-likeness (QED) is 0.187. The first kappa shape index (κ1) is 28.1. The zero-order valence-corrected chi connectivity index (χ0v) is 27.9. The molecule has 10 rings (SSSR count). The van der Waals surface area contributed by atoms with E-state index >= 15 is 0 Å². The Hall–Kier alpha value is -5.93. The monoisotopic (exact) mass is 629 g/mol. The average Bonchev–Trinajstić information content (AvgIpc) is 3.66. The highest BCUT2D eigenvalue weighted by molar-refractivity contribution is 6.19. The molecule has 3 aromatic heterocycles. The van der Waals surface area contributed by atoms with Crippen LogP contribution in [0.25, 0.3) is 77.2 Å². The molecule has 9 aromatic rings. The molecule has 3 heteroatoms. The van der Waals surface area contributed by atoms with Crippen molar-refractivity contribution in [1.29, 1.82) is 0 Å². The normalized spacial score (nSPS) is 15.7. The van der Waals surface area contributed by atoms with Crippen LogP contribution in [0.2, 0.25) is 0 Å². The lowest BCUT2D eigenvalue weighted by Gasteiger charge is -2.24. The van der Waals surface area contributed by atoms with Crippen molar-refractivity contribution in [3.05, 3.63) is 163 Å². The molecule has 2 bridgehead atoms. The fourth-order valence-electron chi connectivity index (χ4n) is 8.77. The van der Waals surface area contributed by atoms with E-state index in [9.17, 15) is 0 Å². The van der Waals surface area contributed by atoms with Gasteiger partial charge < -0.3 is 9.13 Å². The van der Waals surface area contributed by atoms with Crippen molar-refractivity contribution in [3.8, 4) is 33.6 Å². The second kappa shape index (κ2) is 10.5. The third-order valence-corrected chi connectivity index (χ3v) is 11.3. The van der Waals surface area contributed by atoms with E-state index in [0.717, 1.165) is 16.9 Å². The molecule has 234 valence electrons. The smallest absolute Gasteiger partial charge is 0.0724 e. The van der Waals surface area contributed by atoms with Gasteiger partial charge in [-0.05, 0) is 106 Å². The zero-order chi connectivity index (χ0) is 32.8. The van der Waals surface area contributed by atoms with Crippen molar-refractivity contribution in [3.63, 3.8) is 0 Å². The van der Waals surface area contributed by atoms with Gasteiger partial charge in [0, 0.05) is 39.1 Å². The predicted octanol–water partition coefficient (Wildman–Crippen LogP) is 12.1. The van der Waals surface area contributed by atoms with Crippen LogP contribution in [0.4, 0.5) is 0 Å². The van der Waals surface area contributed by atoms with Gasteiger partial charge in [-0.15, -0.1) is 0 Å². The van der Waals surface area contributed by atoms with Gasteiger partial charge in [0.15, 0.2) is 0 Å². The van der Waals surface area contributed by atoms with Crippen molar-refractivity contribution >= 4 is 43.6 Å². The fraction of sp³-hybridized carbons (Fsp3) is 0.109. The molecule has 0 saturated carbocycles. The average molecular weight is 630 g/mol. The highest BCUT2D eigenvalue weighted by atomic mass is 15.0. The first-order valence-corrected chi connectivity index (χ1v) is 17.3. The Morgan fingerprint density at radius 3 is 1.96 bits per heavy atom. The second-order valence-electron chi connectivity index (χ2n) is 13.7. The van der Waals surface area contributed by atoms with Gasteiger partial charge in [0.05, 0.1) is 28.3 Å². The summed E-state index contributed by atoms with van der Waals surface area (Å²) in [7, 11) is 0. The summed E-state index contributed by atoms with van der Waals surface area (Å²) in [6.45, 7) is 7.14. The number of rotatable bonds is 2. The van der Waals surface area contributed by atoms with Crippen LogP contribution >= 0.6 is 0 Å². The Bertz CT molecular complexity index is 2760. The van der Waals surface area contributed by atoms with Crippen molar-refractivity contribution in [2.75, 3.05) is 0 Å². The number of nitrogens with zero attached hydrogens (tertiary/aromatic N) is 3. The van der Waals surface area contributed by atoms with Crippen molar-refractivity contribution < 1.29 is 0 Å². The molecule has 6 aromatic carbocycles. The van der Waals surface area contributed by atoms with E-state index < -0.39 is 0 Å². The molecular weight excluding hydrogens is 595 g/mol. The van der Waals surface area contributed by atoms with Crippen LogP contribution in [-0.4, -0.2) is 14.1 Å². The molecule has 2 atom stereocenters. The van der Waals surface area contributed by atoms with Gasteiger partial charge in [-0.2, -0.15) is 0 Å². The molecule has 0 fully saturated rings. The van der Waals surface area contributed by atoms with Crippen LogP contribution in [0.15, 0.2) is 146 Å². The first-order chi connectivity index (χ1) is 24.1. The highest BCUT2D eigenvalue weighted by Crippen LogP contribution is 2.50. The third-order valence-electron chi connectivity index (χ3n) is 11.3. The maximum absolute atomic E-state index is 4.54. The molecule has 1 aliphatic carbocycles. The number of aromatic nitrogens is 3. The summed E-state index contributed by atoms with van der Waals surface area (Å²) in [6.07, 6.45) is 3.89. The van der Waals surface area contributed by atoms with Crippen molar-refractivity contribution in [2.45, 2.75) is 32.6 Å². The van der Waals surface area contributed by atoms with Crippen molar-refractivity contribution in [1.82, 2.24) is 14.1 Å². The number of pyridine rings is 1. The Morgan fingerprint density at radius 1 is 0.490 bits per heavy atom. The third kappa shape index (κ3) is 3.93. The lowest BCUT2D eigenvalue weighted by Crippen LogP contribution is -2.06.